The Kier molecular flexibility index (Phi) is 9.98. The second-order valence-corrected chi connectivity index (χ2v) is 9.33. The lowest BCUT2D eigenvalue weighted by molar-refractivity contribution is -0.337. The highest BCUT2D eigenvalue weighted by Gasteiger charge is 2.50. The molecule has 37 heavy (non-hydrogen) atoms. The summed E-state index contributed by atoms with van der Waals surface area (Å²) in [5.41, 5.74) is 1.98. The van der Waals surface area contributed by atoms with Crippen molar-refractivity contribution in [3.05, 3.63) is 71.8 Å². The molecule has 204 valence electrons. The number of hydrogen-bond acceptors (Lipinski definition) is 11. The molecule has 0 aromatic heterocycles. The van der Waals surface area contributed by atoms with E-state index in [4.69, 9.17) is 14.2 Å². The average molecular weight is 521 g/mol. The fourth-order valence-electron chi connectivity index (χ4n) is 4.65. The van der Waals surface area contributed by atoms with Crippen molar-refractivity contribution in [1.29, 1.82) is 0 Å². The topological polar surface area (TPSA) is 173 Å². The highest BCUT2D eigenvalue weighted by atomic mass is 16.7. The first-order valence-corrected chi connectivity index (χ1v) is 12.4. The highest BCUT2D eigenvalue weighted by Crippen LogP contribution is 2.29. The molecule has 11 heteroatoms. The molecule has 2 aromatic carbocycles. The molecule has 0 aliphatic carbocycles. The van der Waals surface area contributed by atoms with Crippen LogP contribution in [-0.4, -0.2) is 105 Å². The van der Waals surface area contributed by atoms with E-state index < -0.39 is 74.5 Å². The number of aliphatic hydroxyl groups excluding tert-OH is 6. The fourth-order valence-corrected chi connectivity index (χ4v) is 4.65. The number of aliphatic hydroxyl groups is 6. The number of rotatable bonds is 10. The molecular formula is C26H36N2O9. The Hall–Kier alpha value is -2.00. The van der Waals surface area contributed by atoms with Gasteiger partial charge in [-0.1, -0.05) is 60.7 Å². The minimum atomic E-state index is -1.66. The Balaban J connectivity index is 1.52. The van der Waals surface area contributed by atoms with Gasteiger partial charge in [0.05, 0.1) is 19.3 Å². The molecule has 8 N–H and O–H groups in total. The maximum atomic E-state index is 11.4. The standard InChI is InChI=1S/C26H36N2O9/c29-13-17-20(31)22(33)23(34)26(36-17)37-24-18(14-30)35-25(28-12-16-9-5-2-6-10-16)19(21(24)32)27-11-15-7-3-1-4-8-15/h1-10,17-34H,11-14H2/t17?,18?,19-,20-,21?,22?,23-,24+,25+,26-/m0/s1. The van der Waals surface area contributed by atoms with E-state index in [1.54, 1.807) is 0 Å². The summed E-state index contributed by atoms with van der Waals surface area (Å²) in [6.45, 7) is -0.275. The third-order valence-corrected chi connectivity index (χ3v) is 6.77. The molecule has 2 saturated heterocycles. The van der Waals surface area contributed by atoms with Crippen LogP contribution in [-0.2, 0) is 27.3 Å². The number of hydrogen-bond donors (Lipinski definition) is 8. The van der Waals surface area contributed by atoms with Crippen molar-refractivity contribution < 1.29 is 44.8 Å². The molecule has 4 rings (SSSR count). The maximum absolute atomic E-state index is 11.4. The van der Waals surface area contributed by atoms with E-state index in [1.807, 2.05) is 60.7 Å². The summed E-state index contributed by atoms with van der Waals surface area (Å²) in [4.78, 5) is 0. The second kappa shape index (κ2) is 13.2. The minimum Gasteiger partial charge on any atom is -0.394 e. The van der Waals surface area contributed by atoms with Gasteiger partial charge in [-0.05, 0) is 11.1 Å². The second-order valence-electron chi connectivity index (χ2n) is 9.33. The van der Waals surface area contributed by atoms with E-state index in [2.05, 4.69) is 10.6 Å². The molecule has 2 heterocycles. The van der Waals surface area contributed by atoms with Crippen molar-refractivity contribution in [2.24, 2.45) is 0 Å². The summed E-state index contributed by atoms with van der Waals surface area (Å²) in [5.74, 6) is 0. The summed E-state index contributed by atoms with van der Waals surface area (Å²) in [5, 5.41) is 68.2. The summed E-state index contributed by atoms with van der Waals surface area (Å²) >= 11 is 0. The molecular weight excluding hydrogens is 484 g/mol. The molecule has 2 aliphatic heterocycles. The van der Waals surface area contributed by atoms with Crippen LogP contribution in [0, 0.1) is 0 Å². The van der Waals surface area contributed by atoms with Crippen molar-refractivity contribution in [2.45, 2.75) is 74.4 Å². The predicted molar refractivity (Wildman–Crippen MR) is 131 cm³/mol. The van der Waals surface area contributed by atoms with Crippen molar-refractivity contribution in [3.63, 3.8) is 0 Å². The van der Waals surface area contributed by atoms with E-state index in [9.17, 15) is 30.6 Å². The van der Waals surface area contributed by atoms with Crippen LogP contribution < -0.4 is 10.6 Å². The van der Waals surface area contributed by atoms with E-state index in [0.29, 0.717) is 13.1 Å². The van der Waals surface area contributed by atoms with Crippen LogP contribution in [0.4, 0.5) is 0 Å². The van der Waals surface area contributed by atoms with Crippen LogP contribution >= 0.6 is 0 Å². The van der Waals surface area contributed by atoms with Crippen LogP contribution in [0.2, 0.25) is 0 Å². The van der Waals surface area contributed by atoms with Crippen molar-refractivity contribution >= 4 is 0 Å². The Morgan fingerprint density at radius 1 is 0.649 bits per heavy atom. The van der Waals surface area contributed by atoms with Crippen LogP contribution in [0.3, 0.4) is 0 Å². The lowest BCUT2D eigenvalue weighted by Gasteiger charge is -2.47. The quantitative estimate of drug-likeness (QED) is 0.178. The SMILES string of the molecule is OCC1O[C@@H](O[C@@H]2C(CO)O[C@@H](NCc3ccccc3)[C@@H](NCc3ccccc3)C2O)[C@@H](O)C(O)[C@H]1O. The van der Waals surface area contributed by atoms with Gasteiger partial charge in [0.25, 0.3) is 0 Å². The molecule has 0 radical (unpaired) electrons. The van der Waals surface area contributed by atoms with Gasteiger partial charge in [0, 0.05) is 13.1 Å². The third kappa shape index (κ3) is 6.72. The van der Waals surface area contributed by atoms with Crippen molar-refractivity contribution in [1.82, 2.24) is 10.6 Å². The van der Waals surface area contributed by atoms with Gasteiger partial charge in [-0.3, -0.25) is 5.32 Å². The van der Waals surface area contributed by atoms with E-state index in [-0.39, 0.29) is 0 Å². The first-order valence-electron chi connectivity index (χ1n) is 12.4. The summed E-state index contributed by atoms with van der Waals surface area (Å²) in [6.07, 6.45) is -11.7. The van der Waals surface area contributed by atoms with Crippen LogP contribution in [0.1, 0.15) is 11.1 Å². The number of nitrogens with one attached hydrogen (secondary N) is 2. The Bertz CT molecular complexity index is 938. The molecule has 10 atom stereocenters. The molecule has 11 nitrogen and oxygen atoms in total. The molecule has 0 bridgehead atoms. The maximum Gasteiger partial charge on any atom is 0.187 e. The molecule has 2 fully saturated rings. The van der Waals surface area contributed by atoms with E-state index in [0.717, 1.165) is 11.1 Å². The van der Waals surface area contributed by atoms with Gasteiger partial charge >= 0.3 is 0 Å². The van der Waals surface area contributed by atoms with Gasteiger partial charge in [-0.2, -0.15) is 0 Å². The Morgan fingerprint density at radius 2 is 1.22 bits per heavy atom. The third-order valence-electron chi connectivity index (χ3n) is 6.77. The molecule has 2 aliphatic rings. The highest BCUT2D eigenvalue weighted by molar-refractivity contribution is 5.16. The lowest BCUT2D eigenvalue weighted by atomic mass is 9.94. The molecule has 4 unspecified atom stereocenters. The van der Waals surface area contributed by atoms with Crippen molar-refractivity contribution in [3.8, 4) is 0 Å². The monoisotopic (exact) mass is 520 g/mol. The summed E-state index contributed by atoms with van der Waals surface area (Å²) < 4.78 is 17.4. The zero-order chi connectivity index (χ0) is 26.4. The lowest BCUT2D eigenvalue weighted by Crippen LogP contribution is -2.69. The smallest absolute Gasteiger partial charge is 0.187 e. The Labute approximate surface area is 215 Å². The molecule has 0 saturated carbocycles. The van der Waals surface area contributed by atoms with E-state index in [1.165, 1.54) is 0 Å². The summed E-state index contributed by atoms with van der Waals surface area (Å²) in [6, 6.07) is 18.5. The van der Waals surface area contributed by atoms with Gasteiger partial charge < -0.3 is 50.2 Å². The van der Waals surface area contributed by atoms with Crippen molar-refractivity contribution in [2.75, 3.05) is 13.2 Å². The van der Waals surface area contributed by atoms with Gasteiger partial charge in [-0.15, -0.1) is 0 Å². The first-order chi connectivity index (χ1) is 17.9. The Morgan fingerprint density at radius 3 is 1.78 bits per heavy atom. The summed E-state index contributed by atoms with van der Waals surface area (Å²) in [7, 11) is 0. The largest absolute Gasteiger partial charge is 0.394 e. The zero-order valence-electron chi connectivity index (χ0n) is 20.3. The number of benzene rings is 2. The predicted octanol–water partition coefficient (Wildman–Crippen LogP) is -1.80. The van der Waals surface area contributed by atoms with Gasteiger partial charge in [0.1, 0.15) is 49.0 Å². The van der Waals surface area contributed by atoms with E-state index >= 15 is 0 Å². The van der Waals surface area contributed by atoms with Crippen LogP contribution in [0.5, 0.6) is 0 Å². The zero-order valence-corrected chi connectivity index (χ0v) is 20.3. The number of ether oxygens (including phenoxy) is 3. The minimum absolute atomic E-state index is 0.409. The van der Waals surface area contributed by atoms with Gasteiger partial charge in [0.15, 0.2) is 6.29 Å². The van der Waals surface area contributed by atoms with Gasteiger partial charge in [0.2, 0.25) is 0 Å². The normalized spacial score (nSPS) is 36.4. The molecule has 0 amide bonds. The average Bonchev–Trinajstić information content (AvgIpc) is 2.93. The van der Waals surface area contributed by atoms with Gasteiger partial charge in [-0.25, -0.2) is 0 Å². The molecule has 2 aromatic rings. The fraction of sp³-hybridized carbons (Fsp3) is 0.538. The van der Waals surface area contributed by atoms with Crippen LogP contribution in [0.25, 0.3) is 0 Å². The molecule has 0 spiro atoms. The first kappa shape index (κ1) is 28.0. The van der Waals surface area contributed by atoms with Crippen LogP contribution in [0.15, 0.2) is 60.7 Å².